The van der Waals surface area contributed by atoms with E-state index in [-0.39, 0.29) is 15.5 Å². The molecule has 2 aromatic rings. The monoisotopic (exact) mass is 380 g/mol. The zero-order valence-electron chi connectivity index (χ0n) is 13.8. The van der Waals surface area contributed by atoms with Gasteiger partial charge in [-0.25, -0.2) is 13.2 Å². The molecular formula is C17H20N2O4S2. The summed E-state index contributed by atoms with van der Waals surface area (Å²) in [6, 6.07) is 7.86. The number of carbonyl (C=O) groups is 1. The maximum Gasteiger partial charge on any atom is 0.337 e. The van der Waals surface area contributed by atoms with Crippen molar-refractivity contribution in [3.8, 4) is 0 Å². The van der Waals surface area contributed by atoms with Crippen molar-refractivity contribution in [2.45, 2.75) is 24.0 Å². The van der Waals surface area contributed by atoms with Gasteiger partial charge in [-0.2, -0.15) is 0 Å². The van der Waals surface area contributed by atoms with Crippen LogP contribution < -0.4 is 9.62 Å². The molecule has 0 saturated carbocycles. The number of anilines is 2. The molecule has 3 rings (SSSR count). The van der Waals surface area contributed by atoms with Crippen LogP contribution in [0.25, 0.3) is 0 Å². The Balaban J connectivity index is 1.88. The van der Waals surface area contributed by atoms with E-state index >= 15 is 0 Å². The van der Waals surface area contributed by atoms with Gasteiger partial charge >= 0.3 is 5.97 Å². The van der Waals surface area contributed by atoms with E-state index < -0.39 is 16.0 Å². The Kier molecular flexibility index (Phi) is 5.01. The normalized spacial score (nSPS) is 16.0. The number of benzene rings is 1. The number of hydrogen-bond acceptors (Lipinski definition) is 5. The lowest BCUT2D eigenvalue weighted by Crippen LogP contribution is -2.33. The van der Waals surface area contributed by atoms with Gasteiger partial charge in [-0.3, -0.25) is 4.72 Å². The predicted octanol–water partition coefficient (Wildman–Crippen LogP) is 3.48. The van der Waals surface area contributed by atoms with Crippen LogP contribution in [0.15, 0.2) is 39.9 Å². The number of carboxylic acid groups (broad SMARTS) is 1. The molecule has 1 aromatic heterocycles. The minimum absolute atomic E-state index is 0.112. The summed E-state index contributed by atoms with van der Waals surface area (Å²) in [5.41, 5.74) is 0.999. The van der Waals surface area contributed by atoms with Crippen LogP contribution in [0.2, 0.25) is 0 Å². The Hall–Kier alpha value is -2.06. The van der Waals surface area contributed by atoms with E-state index in [4.69, 9.17) is 0 Å². The molecule has 2 N–H and O–H groups in total. The van der Waals surface area contributed by atoms with Crippen molar-refractivity contribution in [2.24, 2.45) is 5.92 Å². The highest BCUT2D eigenvalue weighted by molar-refractivity contribution is 7.94. The van der Waals surface area contributed by atoms with E-state index in [1.54, 1.807) is 23.6 Å². The number of sulfonamides is 1. The lowest BCUT2D eigenvalue weighted by Gasteiger charge is -2.33. The zero-order valence-corrected chi connectivity index (χ0v) is 15.4. The van der Waals surface area contributed by atoms with Crippen LogP contribution in [0.4, 0.5) is 11.4 Å². The van der Waals surface area contributed by atoms with Crippen molar-refractivity contribution in [2.75, 3.05) is 22.7 Å². The van der Waals surface area contributed by atoms with Crippen molar-refractivity contribution >= 4 is 38.7 Å². The van der Waals surface area contributed by atoms with Crippen LogP contribution in [0.5, 0.6) is 0 Å². The van der Waals surface area contributed by atoms with Crippen molar-refractivity contribution in [1.82, 2.24) is 0 Å². The summed E-state index contributed by atoms with van der Waals surface area (Å²) < 4.78 is 27.3. The summed E-state index contributed by atoms with van der Waals surface area (Å²) in [4.78, 5) is 13.7. The lowest BCUT2D eigenvalue weighted by molar-refractivity contribution is 0.0697. The molecule has 1 saturated heterocycles. The summed E-state index contributed by atoms with van der Waals surface area (Å²) in [5, 5.41) is 11.2. The molecule has 134 valence electrons. The third kappa shape index (κ3) is 3.96. The highest BCUT2D eigenvalue weighted by Gasteiger charge is 2.22. The van der Waals surface area contributed by atoms with Gasteiger partial charge in [-0.05, 0) is 48.4 Å². The standard InChI is InChI=1S/C17H20N2O4S2/c1-12-6-8-19(9-7-12)15-5-4-13(11-14(15)17(20)21)18-25(22,23)16-3-2-10-24-16/h2-5,10-12,18H,6-9H2,1H3,(H,20,21). The molecule has 1 aliphatic heterocycles. The maximum atomic E-state index is 12.3. The molecule has 0 spiro atoms. The first-order chi connectivity index (χ1) is 11.9. The Morgan fingerprint density at radius 1 is 1.28 bits per heavy atom. The number of hydrogen-bond donors (Lipinski definition) is 2. The summed E-state index contributed by atoms with van der Waals surface area (Å²) >= 11 is 1.11. The second kappa shape index (κ2) is 7.05. The van der Waals surface area contributed by atoms with Gasteiger partial charge in [0, 0.05) is 18.8 Å². The summed E-state index contributed by atoms with van der Waals surface area (Å²) in [5.74, 6) is -0.424. The van der Waals surface area contributed by atoms with E-state index in [1.165, 1.54) is 12.1 Å². The average Bonchev–Trinajstić information content (AvgIpc) is 3.11. The first-order valence-electron chi connectivity index (χ1n) is 8.05. The highest BCUT2D eigenvalue weighted by Crippen LogP contribution is 2.30. The predicted molar refractivity (Wildman–Crippen MR) is 99.1 cm³/mol. The number of thiophene rings is 1. The van der Waals surface area contributed by atoms with E-state index in [2.05, 4.69) is 16.5 Å². The molecular weight excluding hydrogens is 360 g/mol. The largest absolute Gasteiger partial charge is 0.478 e. The molecule has 8 heteroatoms. The second-order valence-electron chi connectivity index (χ2n) is 6.24. The molecule has 0 radical (unpaired) electrons. The first kappa shape index (κ1) is 17.8. The fourth-order valence-electron chi connectivity index (χ4n) is 2.92. The van der Waals surface area contributed by atoms with E-state index in [0.29, 0.717) is 11.6 Å². The molecule has 1 aliphatic rings. The number of nitrogens with zero attached hydrogens (tertiary/aromatic N) is 1. The molecule has 0 bridgehead atoms. The number of piperidine rings is 1. The smallest absolute Gasteiger partial charge is 0.337 e. The lowest BCUT2D eigenvalue weighted by atomic mass is 9.98. The fraction of sp³-hybridized carbons (Fsp3) is 0.353. The molecule has 2 heterocycles. The van der Waals surface area contributed by atoms with Crippen LogP contribution in [0, 0.1) is 5.92 Å². The van der Waals surface area contributed by atoms with Crippen molar-refractivity contribution in [1.29, 1.82) is 0 Å². The van der Waals surface area contributed by atoms with E-state index in [0.717, 1.165) is 37.3 Å². The third-order valence-electron chi connectivity index (χ3n) is 4.36. The third-order valence-corrected chi connectivity index (χ3v) is 7.14. The molecule has 1 fully saturated rings. The van der Waals surface area contributed by atoms with Crippen LogP contribution in [0.1, 0.15) is 30.1 Å². The Morgan fingerprint density at radius 3 is 2.60 bits per heavy atom. The van der Waals surface area contributed by atoms with Crippen molar-refractivity contribution in [3.63, 3.8) is 0 Å². The SMILES string of the molecule is CC1CCN(c2ccc(NS(=O)(=O)c3cccs3)cc2C(=O)O)CC1. The summed E-state index contributed by atoms with van der Waals surface area (Å²) in [6.07, 6.45) is 2.04. The fourth-order valence-corrected chi connectivity index (χ4v) is 4.96. The van der Waals surface area contributed by atoms with Gasteiger partial charge in [-0.1, -0.05) is 13.0 Å². The van der Waals surface area contributed by atoms with Gasteiger partial charge < -0.3 is 10.0 Å². The van der Waals surface area contributed by atoms with Crippen LogP contribution in [-0.4, -0.2) is 32.6 Å². The van der Waals surface area contributed by atoms with Crippen molar-refractivity contribution < 1.29 is 18.3 Å². The Bertz CT molecular complexity index is 855. The van der Waals surface area contributed by atoms with Crippen LogP contribution >= 0.6 is 11.3 Å². The molecule has 6 nitrogen and oxygen atoms in total. The highest BCUT2D eigenvalue weighted by atomic mass is 32.2. The molecule has 1 aromatic carbocycles. The van der Waals surface area contributed by atoms with Gasteiger partial charge in [0.25, 0.3) is 10.0 Å². The van der Waals surface area contributed by atoms with Gasteiger partial charge in [0.15, 0.2) is 0 Å². The van der Waals surface area contributed by atoms with Crippen LogP contribution in [0.3, 0.4) is 0 Å². The maximum absolute atomic E-state index is 12.3. The minimum atomic E-state index is -3.70. The van der Waals surface area contributed by atoms with Gasteiger partial charge in [-0.15, -0.1) is 11.3 Å². The molecule has 0 amide bonds. The Morgan fingerprint density at radius 2 is 2.00 bits per heavy atom. The molecule has 0 unspecified atom stereocenters. The van der Waals surface area contributed by atoms with Gasteiger partial charge in [0.05, 0.1) is 11.3 Å². The summed E-state index contributed by atoms with van der Waals surface area (Å²) in [6.45, 7) is 3.81. The van der Waals surface area contributed by atoms with E-state index in [1.807, 2.05) is 0 Å². The Labute approximate surface area is 151 Å². The average molecular weight is 380 g/mol. The number of rotatable bonds is 5. The number of carboxylic acids is 1. The quantitative estimate of drug-likeness (QED) is 0.829. The van der Waals surface area contributed by atoms with Gasteiger partial charge in [0.2, 0.25) is 0 Å². The zero-order chi connectivity index (χ0) is 18.0. The molecule has 25 heavy (non-hydrogen) atoms. The van der Waals surface area contributed by atoms with Gasteiger partial charge in [0.1, 0.15) is 4.21 Å². The summed E-state index contributed by atoms with van der Waals surface area (Å²) in [7, 11) is -3.70. The topological polar surface area (TPSA) is 86.7 Å². The van der Waals surface area contributed by atoms with Crippen LogP contribution in [-0.2, 0) is 10.0 Å². The molecule has 0 aliphatic carbocycles. The molecule has 0 atom stereocenters. The first-order valence-corrected chi connectivity index (χ1v) is 10.4. The number of nitrogens with one attached hydrogen (secondary N) is 1. The van der Waals surface area contributed by atoms with Crippen molar-refractivity contribution in [3.05, 3.63) is 41.3 Å². The minimum Gasteiger partial charge on any atom is -0.478 e. The van der Waals surface area contributed by atoms with E-state index in [9.17, 15) is 18.3 Å². The second-order valence-corrected chi connectivity index (χ2v) is 9.10. The number of aromatic carboxylic acids is 1.